The Kier molecular flexibility index (Phi) is 7.49. The number of rotatable bonds is 6. The van der Waals surface area contributed by atoms with E-state index in [1.54, 1.807) is 25.8 Å². The first-order valence-electron chi connectivity index (χ1n) is 9.76. The molecule has 0 amide bonds. The van der Waals surface area contributed by atoms with Gasteiger partial charge in [-0.2, -0.15) is 0 Å². The summed E-state index contributed by atoms with van der Waals surface area (Å²) in [5.41, 5.74) is 2.94. The van der Waals surface area contributed by atoms with Crippen LogP contribution >= 0.6 is 0 Å². The van der Waals surface area contributed by atoms with Gasteiger partial charge in [-0.25, -0.2) is 0 Å². The molecular weight excluding hydrogens is 573 g/mol. The maximum atomic E-state index is 5.38. The van der Waals surface area contributed by atoms with Gasteiger partial charge in [-0.3, -0.25) is 0 Å². The molecule has 6 heteroatoms. The minimum atomic E-state index is -1.09. The average molecular weight is 599 g/mol. The molecule has 1 fully saturated rings. The van der Waals surface area contributed by atoms with Gasteiger partial charge >= 0.3 is 194 Å². The summed E-state index contributed by atoms with van der Waals surface area (Å²) in [6, 6.07) is 26.4. The van der Waals surface area contributed by atoms with E-state index in [1.807, 2.05) is 0 Å². The van der Waals surface area contributed by atoms with Gasteiger partial charge in [0.15, 0.2) is 0 Å². The molecule has 3 aromatic carbocycles. The topological polar surface area (TPSA) is 27.7 Å². The van der Waals surface area contributed by atoms with Crippen LogP contribution in [0.4, 0.5) is 0 Å². The predicted octanol–water partition coefficient (Wildman–Crippen LogP) is 3.43. The molecule has 3 aromatic rings. The first-order chi connectivity index (χ1) is 14.7. The second-order valence-electron chi connectivity index (χ2n) is 6.93. The molecule has 158 valence electrons. The SMILES string of the molecule is COc1ccc(C2CC(c3ccc(OC)cc3)[Se][SeH](c3ccc(OC)cc3)[Se]2)cc1. The third-order valence-corrected chi connectivity index (χ3v) is 34.5. The van der Waals surface area contributed by atoms with Crippen LogP contribution in [0.15, 0.2) is 72.8 Å². The Bertz CT molecular complexity index is 810. The molecule has 30 heavy (non-hydrogen) atoms. The fourth-order valence-electron chi connectivity index (χ4n) is 3.39. The summed E-state index contributed by atoms with van der Waals surface area (Å²) in [4.78, 5) is 1.32. The Hall–Kier alpha value is -1.38. The molecule has 1 heterocycles. The van der Waals surface area contributed by atoms with E-state index in [4.69, 9.17) is 14.2 Å². The van der Waals surface area contributed by atoms with E-state index >= 15 is 0 Å². The van der Waals surface area contributed by atoms with Crippen molar-refractivity contribution < 1.29 is 14.2 Å². The second kappa shape index (κ2) is 10.3. The van der Waals surface area contributed by atoms with Crippen molar-refractivity contribution in [3.05, 3.63) is 83.9 Å². The van der Waals surface area contributed by atoms with Gasteiger partial charge in [0, 0.05) is 0 Å². The second-order valence-corrected chi connectivity index (χ2v) is 31.0. The van der Waals surface area contributed by atoms with E-state index in [-0.39, 0.29) is 0 Å². The van der Waals surface area contributed by atoms with E-state index < -0.39 is 10.3 Å². The van der Waals surface area contributed by atoms with Crippen LogP contribution in [0.25, 0.3) is 0 Å². The fraction of sp³-hybridized carbons (Fsp3) is 0.250. The van der Waals surface area contributed by atoms with Crippen LogP contribution in [0.1, 0.15) is 27.2 Å². The van der Waals surface area contributed by atoms with Crippen molar-refractivity contribution in [2.24, 2.45) is 0 Å². The number of hydrogen-bond acceptors (Lipinski definition) is 3. The Morgan fingerprint density at radius 3 is 1.33 bits per heavy atom. The van der Waals surface area contributed by atoms with Crippen LogP contribution in [0, 0.1) is 0 Å². The van der Waals surface area contributed by atoms with Crippen LogP contribution in [-0.4, -0.2) is 57.8 Å². The first-order valence-corrected chi connectivity index (χ1v) is 22.2. The van der Waals surface area contributed by atoms with Crippen LogP contribution < -0.4 is 18.7 Å². The summed E-state index contributed by atoms with van der Waals surface area (Å²) in [5.74, 6) is 2.81. The molecule has 0 spiro atoms. The van der Waals surface area contributed by atoms with Crippen LogP contribution in [0.3, 0.4) is 0 Å². The van der Waals surface area contributed by atoms with Crippen molar-refractivity contribution in [3.63, 3.8) is 0 Å². The Morgan fingerprint density at radius 1 is 0.600 bits per heavy atom. The summed E-state index contributed by atoms with van der Waals surface area (Å²) < 4.78 is 17.7. The van der Waals surface area contributed by atoms with E-state index in [1.165, 1.54) is 17.5 Å². The van der Waals surface area contributed by atoms with Crippen LogP contribution in [0.2, 0.25) is 0 Å². The summed E-state index contributed by atoms with van der Waals surface area (Å²) in [7, 11) is 4.11. The molecule has 3 nitrogen and oxygen atoms in total. The molecular formula is C24H26O3Se3. The normalized spacial score (nSPS) is 22.3. The van der Waals surface area contributed by atoms with E-state index in [0.717, 1.165) is 17.2 Å². The Labute approximate surface area is 192 Å². The van der Waals surface area contributed by atoms with Gasteiger partial charge in [0.1, 0.15) is 0 Å². The average Bonchev–Trinajstić information content (AvgIpc) is 2.84. The van der Waals surface area contributed by atoms with Crippen LogP contribution in [0.5, 0.6) is 17.2 Å². The van der Waals surface area contributed by atoms with Gasteiger partial charge < -0.3 is 0 Å². The quantitative estimate of drug-likeness (QED) is 0.407. The standard InChI is InChI=1S/C24H26O3Se3/c1-25-19-8-4-17(5-9-19)23-16-24(18-6-10-20(26-2)11-7-18)29-30(28-23)22-14-12-21(27-3)13-15-22/h4-15,23-24,30H,16H2,1-3H3. The minimum absolute atomic E-state index is 0.652. The molecule has 0 aliphatic carbocycles. The van der Waals surface area contributed by atoms with Gasteiger partial charge in [0.05, 0.1) is 0 Å². The Balaban J connectivity index is 1.63. The summed E-state index contributed by atoms with van der Waals surface area (Å²) in [6.07, 6.45) is 1.25. The molecule has 0 aromatic heterocycles. The number of ether oxygens (including phenoxy) is 3. The van der Waals surface area contributed by atoms with Crippen molar-refractivity contribution in [2.75, 3.05) is 21.3 Å². The zero-order valence-corrected chi connectivity index (χ0v) is 22.6. The number of hydrogen-bond donors (Lipinski definition) is 0. The molecule has 0 radical (unpaired) electrons. The molecule has 2 atom stereocenters. The third-order valence-electron chi connectivity index (χ3n) is 5.13. The number of methoxy groups -OCH3 is 3. The molecule has 0 saturated carbocycles. The molecule has 2 unspecified atom stereocenters. The fourth-order valence-corrected chi connectivity index (χ4v) is 38.8. The first kappa shape index (κ1) is 21.8. The van der Waals surface area contributed by atoms with Crippen LogP contribution in [-0.2, 0) is 0 Å². The Morgan fingerprint density at radius 2 is 0.967 bits per heavy atom. The van der Waals surface area contributed by atoms with Crippen molar-refractivity contribution >= 4 is 41.0 Å². The zero-order chi connectivity index (χ0) is 20.9. The molecule has 1 aliphatic rings. The number of benzene rings is 3. The monoisotopic (exact) mass is 602 g/mol. The van der Waals surface area contributed by atoms with Crippen molar-refractivity contribution in [1.29, 1.82) is 0 Å². The molecule has 1 saturated heterocycles. The molecule has 1 aliphatic heterocycles. The van der Waals surface area contributed by atoms with Gasteiger partial charge in [0.2, 0.25) is 0 Å². The van der Waals surface area contributed by atoms with E-state index in [2.05, 4.69) is 72.8 Å². The zero-order valence-electron chi connectivity index (χ0n) is 17.3. The van der Waals surface area contributed by atoms with Crippen molar-refractivity contribution in [2.45, 2.75) is 16.1 Å². The summed E-state index contributed by atoms with van der Waals surface area (Å²) in [5, 5.41) is 0. The molecule has 4 rings (SSSR count). The van der Waals surface area contributed by atoms with Gasteiger partial charge in [-0.05, 0) is 0 Å². The third kappa shape index (κ3) is 5.08. The predicted molar refractivity (Wildman–Crippen MR) is 127 cm³/mol. The van der Waals surface area contributed by atoms with Crippen molar-refractivity contribution in [1.82, 2.24) is 0 Å². The maximum absolute atomic E-state index is 5.38. The molecule has 0 bridgehead atoms. The summed E-state index contributed by atoms with van der Waals surface area (Å²) >= 11 is 1.30. The van der Waals surface area contributed by atoms with E-state index in [9.17, 15) is 0 Å². The molecule has 0 N–H and O–H groups in total. The van der Waals surface area contributed by atoms with E-state index in [0.29, 0.717) is 35.9 Å². The van der Waals surface area contributed by atoms with Gasteiger partial charge in [0.25, 0.3) is 0 Å². The van der Waals surface area contributed by atoms with Gasteiger partial charge in [-0.15, -0.1) is 0 Å². The van der Waals surface area contributed by atoms with Gasteiger partial charge in [-0.1, -0.05) is 0 Å². The summed E-state index contributed by atoms with van der Waals surface area (Å²) in [6.45, 7) is 0. The van der Waals surface area contributed by atoms with Crippen molar-refractivity contribution in [3.8, 4) is 17.2 Å².